The third-order valence-electron chi connectivity index (χ3n) is 2.86. The summed E-state index contributed by atoms with van der Waals surface area (Å²) in [5, 5.41) is 1.50. The van der Waals surface area contributed by atoms with Gasteiger partial charge in [-0.1, -0.05) is 29.0 Å². The summed E-state index contributed by atoms with van der Waals surface area (Å²) in [5.74, 6) is 0. The molecule has 0 heterocycles. The molecule has 0 aliphatic rings. The van der Waals surface area contributed by atoms with Crippen molar-refractivity contribution in [1.82, 2.24) is 0 Å². The number of benzene rings is 1. The maximum Gasteiger partial charge on any atom is 0.0820 e. The maximum atomic E-state index is 3.56. The molecule has 1 radical (unpaired) electrons. The number of nitrogens with zero attached hydrogens (tertiary/aromatic N) is 1. The fraction of sp³-hybridized carbons (Fsp3) is 0.538. The normalized spacial score (nSPS) is 12.0. The van der Waals surface area contributed by atoms with E-state index in [0.717, 1.165) is 0 Å². The smallest absolute Gasteiger partial charge is 0.0820 e. The quantitative estimate of drug-likeness (QED) is 0.754. The van der Waals surface area contributed by atoms with Crippen molar-refractivity contribution >= 4 is 35.6 Å². The Morgan fingerprint density at radius 1 is 1.19 bits per heavy atom. The van der Waals surface area contributed by atoms with Gasteiger partial charge < -0.3 is 4.90 Å². The molecular formula is C13H21BrNSi. The molecule has 0 aliphatic carbocycles. The van der Waals surface area contributed by atoms with Crippen molar-refractivity contribution < 1.29 is 0 Å². The van der Waals surface area contributed by atoms with E-state index in [1.807, 2.05) is 0 Å². The average molecular weight is 299 g/mol. The van der Waals surface area contributed by atoms with Gasteiger partial charge in [0.15, 0.2) is 0 Å². The number of halogens is 1. The van der Waals surface area contributed by atoms with Crippen molar-refractivity contribution in [3.8, 4) is 0 Å². The minimum atomic E-state index is -0.440. The van der Waals surface area contributed by atoms with Gasteiger partial charge in [0, 0.05) is 22.7 Å². The van der Waals surface area contributed by atoms with Gasteiger partial charge in [0.05, 0.1) is 8.80 Å². The first-order valence-electron chi connectivity index (χ1n) is 5.57. The van der Waals surface area contributed by atoms with Gasteiger partial charge in [-0.25, -0.2) is 0 Å². The van der Waals surface area contributed by atoms with E-state index in [2.05, 4.69) is 79.9 Å². The summed E-state index contributed by atoms with van der Waals surface area (Å²) in [5.41, 5.74) is 1.54. The van der Waals surface area contributed by atoms with Crippen molar-refractivity contribution in [1.29, 1.82) is 0 Å². The third-order valence-corrected chi connectivity index (χ3v) is 4.84. The second-order valence-electron chi connectivity index (χ2n) is 5.39. The molecule has 0 fully saturated rings. The lowest BCUT2D eigenvalue weighted by atomic mass is 10.1. The van der Waals surface area contributed by atoms with Crippen LogP contribution < -0.4 is 10.1 Å². The second kappa shape index (κ2) is 4.92. The van der Waals surface area contributed by atoms with Crippen molar-refractivity contribution in [3.63, 3.8) is 0 Å². The van der Waals surface area contributed by atoms with Crippen LogP contribution in [-0.2, 0) is 0 Å². The predicted octanol–water partition coefficient (Wildman–Crippen LogP) is 3.65. The highest BCUT2D eigenvalue weighted by Crippen LogP contribution is 2.22. The lowest BCUT2D eigenvalue weighted by Gasteiger charge is -2.36. The third kappa shape index (κ3) is 3.11. The lowest BCUT2D eigenvalue weighted by molar-refractivity contribution is 0.539. The van der Waals surface area contributed by atoms with Crippen LogP contribution >= 0.6 is 15.9 Å². The van der Waals surface area contributed by atoms with Crippen LogP contribution in [0.4, 0.5) is 5.69 Å². The van der Waals surface area contributed by atoms with Crippen molar-refractivity contribution in [2.75, 3.05) is 11.9 Å². The molecular weight excluding hydrogens is 278 g/mol. The Balaban J connectivity index is 3.23. The van der Waals surface area contributed by atoms with Crippen LogP contribution in [0, 0.1) is 0 Å². The zero-order chi connectivity index (χ0) is 12.5. The molecule has 0 aromatic heterocycles. The Hall–Kier alpha value is -0.283. The van der Waals surface area contributed by atoms with E-state index in [4.69, 9.17) is 0 Å². The second-order valence-corrected chi connectivity index (χ2v) is 8.85. The molecule has 16 heavy (non-hydrogen) atoms. The predicted molar refractivity (Wildman–Crippen MR) is 79.4 cm³/mol. The molecule has 0 saturated heterocycles. The van der Waals surface area contributed by atoms with Crippen molar-refractivity contribution in [2.24, 2.45) is 0 Å². The number of hydrogen-bond donors (Lipinski definition) is 0. The summed E-state index contributed by atoms with van der Waals surface area (Å²) in [6.07, 6.45) is 0. The van der Waals surface area contributed by atoms with Gasteiger partial charge in [0.1, 0.15) is 0 Å². The van der Waals surface area contributed by atoms with Crippen molar-refractivity contribution in [3.05, 3.63) is 22.7 Å². The summed E-state index contributed by atoms with van der Waals surface area (Å²) in [7, 11) is 1.74. The van der Waals surface area contributed by atoms with Gasteiger partial charge in [-0.2, -0.15) is 0 Å². The molecule has 0 atom stereocenters. The van der Waals surface area contributed by atoms with E-state index in [9.17, 15) is 0 Å². The van der Waals surface area contributed by atoms with Crippen LogP contribution in [0.15, 0.2) is 22.7 Å². The molecule has 3 heteroatoms. The minimum absolute atomic E-state index is 0.167. The van der Waals surface area contributed by atoms with E-state index < -0.39 is 8.80 Å². The molecule has 0 spiro atoms. The average Bonchev–Trinajstić information content (AvgIpc) is 2.15. The fourth-order valence-electron chi connectivity index (χ4n) is 1.56. The van der Waals surface area contributed by atoms with Crippen LogP contribution in [0.2, 0.25) is 13.1 Å². The summed E-state index contributed by atoms with van der Waals surface area (Å²) in [6.45, 7) is 11.4. The first-order valence-corrected chi connectivity index (χ1v) is 8.86. The number of rotatable bonds is 2. The van der Waals surface area contributed by atoms with E-state index in [-0.39, 0.29) is 5.54 Å². The van der Waals surface area contributed by atoms with Crippen molar-refractivity contribution in [2.45, 2.75) is 39.4 Å². The molecule has 0 saturated carbocycles. The van der Waals surface area contributed by atoms with Gasteiger partial charge in [0.2, 0.25) is 0 Å². The number of hydrogen-bond acceptors (Lipinski definition) is 1. The van der Waals surface area contributed by atoms with Crippen LogP contribution in [-0.4, -0.2) is 21.4 Å². The topological polar surface area (TPSA) is 3.24 Å². The molecule has 1 aromatic carbocycles. The molecule has 0 amide bonds. The van der Waals surface area contributed by atoms with E-state index in [0.29, 0.717) is 0 Å². The molecule has 0 N–H and O–H groups in total. The number of anilines is 1. The Morgan fingerprint density at radius 2 is 1.75 bits per heavy atom. The fourth-order valence-corrected chi connectivity index (χ4v) is 3.34. The zero-order valence-corrected chi connectivity index (χ0v) is 13.6. The summed E-state index contributed by atoms with van der Waals surface area (Å²) < 4.78 is 1.18. The zero-order valence-electron chi connectivity index (χ0n) is 11.1. The molecule has 1 nitrogen and oxygen atoms in total. The Labute approximate surface area is 110 Å². The summed E-state index contributed by atoms with van der Waals surface area (Å²) in [4.78, 5) is 2.37. The first kappa shape index (κ1) is 13.8. The van der Waals surface area contributed by atoms with Gasteiger partial charge in [0.25, 0.3) is 0 Å². The highest BCUT2D eigenvalue weighted by atomic mass is 79.9. The SMILES string of the molecule is CN(c1ccc(Br)cc1[Si](C)C)C(C)(C)C. The maximum absolute atomic E-state index is 3.56. The van der Waals surface area contributed by atoms with Crippen LogP contribution in [0.1, 0.15) is 20.8 Å². The monoisotopic (exact) mass is 298 g/mol. The van der Waals surface area contributed by atoms with Crippen LogP contribution in [0.25, 0.3) is 0 Å². The van der Waals surface area contributed by atoms with Crippen LogP contribution in [0.3, 0.4) is 0 Å². The first-order chi connectivity index (χ1) is 7.23. The molecule has 89 valence electrons. The standard InChI is InChI=1S/C13H21BrNSi/c1-13(2,3)15(4)11-8-7-10(14)9-12(11)16(5)6/h7-9H,1-6H3. The molecule has 0 aliphatic heterocycles. The van der Waals surface area contributed by atoms with Gasteiger partial charge in [-0.15, -0.1) is 0 Å². The molecule has 0 unspecified atom stereocenters. The van der Waals surface area contributed by atoms with E-state index in [1.165, 1.54) is 15.3 Å². The Morgan fingerprint density at radius 3 is 2.19 bits per heavy atom. The lowest BCUT2D eigenvalue weighted by Crippen LogP contribution is -2.42. The van der Waals surface area contributed by atoms with E-state index in [1.54, 1.807) is 0 Å². The summed E-state index contributed by atoms with van der Waals surface area (Å²) in [6, 6.07) is 6.63. The minimum Gasteiger partial charge on any atom is -0.370 e. The Bertz CT molecular complexity index is 369. The molecule has 1 rings (SSSR count). The van der Waals surface area contributed by atoms with E-state index >= 15 is 0 Å². The molecule has 0 bridgehead atoms. The molecule has 1 aromatic rings. The van der Waals surface area contributed by atoms with Gasteiger partial charge >= 0.3 is 0 Å². The summed E-state index contributed by atoms with van der Waals surface area (Å²) >= 11 is 3.56. The van der Waals surface area contributed by atoms with Crippen LogP contribution in [0.5, 0.6) is 0 Å². The van der Waals surface area contributed by atoms with Gasteiger partial charge in [-0.3, -0.25) is 0 Å². The highest BCUT2D eigenvalue weighted by molar-refractivity contribution is 9.10. The van der Waals surface area contributed by atoms with Gasteiger partial charge in [-0.05, 0) is 44.2 Å². The highest BCUT2D eigenvalue weighted by Gasteiger charge is 2.21. The largest absolute Gasteiger partial charge is 0.370 e. The Kier molecular flexibility index (Phi) is 4.24.